The highest BCUT2D eigenvalue weighted by Gasteiger charge is 2.34. The molecule has 0 saturated carbocycles. The molecule has 1 aromatic rings. The first-order valence-corrected chi connectivity index (χ1v) is 6.74. The van der Waals surface area contributed by atoms with Gasteiger partial charge in [0.1, 0.15) is 6.04 Å². The monoisotopic (exact) mass is 246 g/mol. The van der Waals surface area contributed by atoms with Crippen molar-refractivity contribution >= 4 is 11.6 Å². The van der Waals surface area contributed by atoms with Gasteiger partial charge >= 0.3 is 0 Å². The van der Waals surface area contributed by atoms with E-state index < -0.39 is 6.04 Å². The van der Waals surface area contributed by atoms with Crippen LogP contribution in [0.25, 0.3) is 0 Å². The number of nitrogens with zero attached hydrogens (tertiary/aromatic N) is 1. The van der Waals surface area contributed by atoms with Crippen molar-refractivity contribution in [2.24, 2.45) is 11.7 Å². The van der Waals surface area contributed by atoms with E-state index in [9.17, 15) is 4.79 Å². The van der Waals surface area contributed by atoms with Gasteiger partial charge in [0.25, 0.3) is 0 Å². The fraction of sp³-hybridized carbons (Fsp3) is 0.533. The summed E-state index contributed by atoms with van der Waals surface area (Å²) in [7, 11) is 0. The Hall–Kier alpha value is -1.35. The zero-order valence-corrected chi connectivity index (χ0v) is 11.4. The number of carbonyl (C=O) groups is 1. The van der Waals surface area contributed by atoms with Crippen molar-refractivity contribution in [1.29, 1.82) is 0 Å². The maximum Gasteiger partial charge on any atom is 0.248 e. The molecule has 1 heterocycles. The highest BCUT2D eigenvalue weighted by atomic mass is 16.2. The van der Waals surface area contributed by atoms with Crippen molar-refractivity contribution < 1.29 is 4.79 Å². The summed E-state index contributed by atoms with van der Waals surface area (Å²) in [6.45, 7) is 7.21. The van der Waals surface area contributed by atoms with E-state index in [1.807, 2.05) is 11.0 Å². The van der Waals surface area contributed by atoms with Crippen molar-refractivity contribution in [3.8, 4) is 0 Å². The average Bonchev–Trinajstić information content (AvgIpc) is 2.59. The van der Waals surface area contributed by atoms with Crippen LogP contribution >= 0.6 is 0 Å². The zero-order valence-electron chi connectivity index (χ0n) is 11.4. The highest BCUT2D eigenvalue weighted by Crippen LogP contribution is 2.35. The molecule has 0 fully saturated rings. The first-order valence-electron chi connectivity index (χ1n) is 6.74. The minimum Gasteiger partial charge on any atom is -0.316 e. The Labute approximate surface area is 109 Å². The molecule has 0 radical (unpaired) electrons. The topological polar surface area (TPSA) is 46.3 Å². The first-order chi connectivity index (χ1) is 8.54. The molecular formula is C15H22N2O. The van der Waals surface area contributed by atoms with E-state index in [4.69, 9.17) is 5.73 Å². The molecule has 2 rings (SSSR count). The third-order valence-corrected chi connectivity index (χ3v) is 3.59. The van der Waals surface area contributed by atoms with E-state index in [-0.39, 0.29) is 5.91 Å². The van der Waals surface area contributed by atoms with Gasteiger partial charge < -0.3 is 10.6 Å². The number of benzene rings is 1. The van der Waals surface area contributed by atoms with Gasteiger partial charge in [0.05, 0.1) is 0 Å². The lowest BCUT2D eigenvalue weighted by molar-refractivity contribution is -0.119. The van der Waals surface area contributed by atoms with Crippen LogP contribution in [-0.4, -0.2) is 12.5 Å². The Morgan fingerprint density at radius 2 is 2.11 bits per heavy atom. The second-order valence-electron chi connectivity index (χ2n) is 5.40. The van der Waals surface area contributed by atoms with Crippen LogP contribution in [-0.2, 0) is 11.2 Å². The Kier molecular flexibility index (Phi) is 3.71. The maximum absolute atomic E-state index is 12.2. The summed E-state index contributed by atoms with van der Waals surface area (Å²) in [5, 5.41) is 0. The van der Waals surface area contributed by atoms with Gasteiger partial charge in [-0.05, 0) is 30.4 Å². The molecule has 1 aliphatic rings. The number of hydrogen-bond acceptors (Lipinski definition) is 2. The van der Waals surface area contributed by atoms with E-state index >= 15 is 0 Å². The van der Waals surface area contributed by atoms with E-state index in [0.717, 1.165) is 30.6 Å². The normalized spacial score (nSPS) is 18.6. The predicted molar refractivity (Wildman–Crippen MR) is 74.6 cm³/mol. The lowest BCUT2D eigenvalue weighted by atomic mass is 10.0. The molecule has 2 N–H and O–H groups in total. The molecule has 0 spiro atoms. The fourth-order valence-electron chi connectivity index (χ4n) is 2.36. The summed E-state index contributed by atoms with van der Waals surface area (Å²) in [6, 6.07) is 5.73. The summed E-state index contributed by atoms with van der Waals surface area (Å²) < 4.78 is 0. The van der Waals surface area contributed by atoms with Crippen LogP contribution in [0.3, 0.4) is 0 Å². The van der Waals surface area contributed by atoms with E-state index in [2.05, 4.69) is 32.9 Å². The Balaban J connectivity index is 2.28. The second-order valence-corrected chi connectivity index (χ2v) is 5.40. The quantitative estimate of drug-likeness (QED) is 0.887. The Morgan fingerprint density at radius 3 is 2.72 bits per heavy atom. The highest BCUT2D eigenvalue weighted by molar-refractivity contribution is 6.04. The van der Waals surface area contributed by atoms with Crippen molar-refractivity contribution in [3.63, 3.8) is 0 Å². The van der Waals surface area contributed by atoms with Crippen LogP contribution in [0.15, 0.2) is 18.2 Å². The summed E-state index contributed by atoms with van der Waals surface area (Å²) in [6.07, 6.45) is 1.98. The smallest absolute Gasteiger partial charge is 0.248 e. The van der Waals surface area contributed by atoms with Crippen LogP contribution in [0.2, 0.25) is 0 Å². The van der Waals surface area contributed by atoms with Crippen LogP contribution in [0.1, 0.15) is 44.4 Å². The number of hydrogen-bond donors (Lipinski definition) is 1. The van der Waals surface area contributed by atoms with Crippen molar-refractivity contribution in [2.75, 3.05) is 11.4 Å². The molecule has 1 atom stereocenters. The number of aryl methyl sites for hydroxylation is 1. The third kappa shape index (κ3) is 2.27. The van der Waals surface area contributed by atoms with Gasteiger partial charge in [-0.3, -0.25) is 4.79 Å². The molecular weight excluding hydrogens is 224 g/mol. The molecule has 18 heavy (non-hydrogen) atoms. The average molecular weight is 246 g/mol. The van der Waals surface area contributed by atoms with Crippen LogP contribution < -0.4 is 10.6 Å². The largest absolute Gasteiger partial charge is 0.316 e. The Morgan fingerprint density at radius 1 is 1.39 bits per heavy atom. The van der Waals surface area contributed by atoms with Crippen LogP contribution in [0.4, 0.5) is 5.69 Å². The Bertz CT molecular complexity index is 454. The molecule has 3 heteroatoms. The third-order valence-electron chi connectivity index (χ3n) is 3.59. The standard InChI is InChI=1S/C15H22N2O/c1-4-11-5-6-13-12(9-11)14(16)15(18)17(13)8-7-10(2)3/h5-6,9-10,14H,4,7-8,16H2,1-3H3. The minimum absolute atomic E-state index is 0.0407. The number of fused-ring (bicyclic) bond motifs is 1. The number of amides is 1. The molecule has 3 nitrogen and oxygen atoms in total. The molecule has 0 aromatic heterocycles. The van der Waals surface area contributed by atoms with Gasteiger partial charge in [0, 0.05) is 17.8 Å². The molecule has 1 aromatic carbocycles. The number of anilines is 1. The van der Waals surface area contributed by atoms with Crippen molar-refractivity contribution in [2.45, 2.75) is 39.7 Å². The van der Waals surface area contributed by atoms with Gasteiger partial charge in [-0.25, -0.2) is 0 Å². The summed E-state index contributed by atoms with van der Waals surface area (Å²) in [5.41, 5.74) is 9.25. The molecule has 0 aliphatic carbocycles. The molecule has 0 saturated heterocycles. The predicted octanol–water partition coefficient (Wildman–Crippen LogP) is 2.64. The maximum atomic E-state index is 12.2. The van der Waals surface area contributed by atoms with Gasteiger partial charge in [-0.15, -0.1) is 0 Å². The zero-order chi connectivity index (χ0) is 13.3. The van der Waals surface area contributed by atoms with E-state index in [0.29, 0.717) is 5.92 Å². The summed E-state index contributed by atoms with van der Waals surface area (Å²) in [4.78, 5) is 14.0. The lowest BCUT2D eigenvalue weighted by Crippen LogP contribution is -2.33. The summed E-state index contributed by atoms with van der Waals surface area (Å²) >= 11 is 0. The SMILES string of the molecule is CCc1ccc2c(c1)C(N)C(=O)N2CCC(C)C. The number of carbonyl (C=O) groups excluding carboxylic acids is 1. The van der Waals surface area contributed by atoms with Gasteiger partial charge in [-0.2, -0.15) is 0 Å². The van der Waals surface area contributed by atoms with Crippen molar-refractivity contribution in [3.05, 3.63) is 29.3 Å². The molecule has 0 bridgehead atoms. The molecule has 1 aliphatic heterocycles. The second kappa shape index (κ2) is 5.11. The molecule has 1 unspecified atom stereocenters. The molecule has 1 amide bonds. The van der Waals surface area contributed by atoms with Gasteiger partial charge in [0.15, 0.2) is 0 Å². The van der Waals surface area contributed by atoms with Crippen molar-refractivity contribution in [1.82, 2.24) is 0 Å². The van der Waals surface area contributed by atoms with Gasteiger partial charge in [-0.1, -0.05) is 32.9 Å². The van der Waals surface area contributed by atoms with E-state index in [1.165, 1.54) is 5.56 Å². The summed E-state index contributed by atoms with van der Waals surface area (Å²) in [5.74, 6) is 0.631. The lowest BCUT2D eigenvalue weighted by Gasteiger charge is -2.18. The fourth-order valence-corrected chi connectivity index (χ4v) is 2.36. The minimum atomic E-state index is -0.473. The number of rotatable bonds is 4. The van der Waals surface area contributed by atoms with Crippen LogP contribution in [0.5, 0.6) is 0 Å². The van der Waals surface area contributed by atoms with Crippen LogP contribution in [0, 0.1) is 5.92 Å². The number of nitrogens with two attached hydrogens (primary N) is 1. The van der Waals surface area contributed by atoms with Gasteiger partial charge in [0.2, 0.25) is 5.91 Å². The van der Waals surface area contributed by atoms with E-state index in [1.54, 1.807) is 0 Å². The first kappa shape index (κ1) is 13.1. The molecule has 98 valence electrons.